The first kappa shape index (κ1) is 16.9. The number of nitrogens with zero attached hydrogens (tertiary/aromatic N) is 1. The van der Waals surface area contributed by atoms with E-state index in [1.807, 2.05) is 17.0 Å². The summed E-state index contributed by atoms with van der Waals surface area (Å²) in [6.45, 7) is 1.57. The van der Waals surface area contributed by atoms with Crippen LogP contribution in [0.25, 0.3) is 10.9 Å². The molecule has 6 nitrogen and oxygen atoms in total. The molecule has 0 saturated heterocycles. The number of hydrogen-bond acceptors (Lipinski definition) is 3. The zero-order valence-corrected chi connectivity index (χ0v) is 15.6. The van der Waals surface area contributed by atoms with E-state index in [2.05, 4.69) is 32.3 Å². The summed E-state index contributed by atoms with van der Waals surface area (Å²) in [5, 5.41) is 3.86. The van der Waals surface area contributed by atoms with Crippen LogP contribution in [-0.2, 0) is 17.8 Å². The average Bonchev–Trinajstić information content (AvgIpc) is 3.30. The van der Waals surface area contributed by atoms with Crippen LogP contribution in [0.5, 0.6) is 0 Å². The molecule has 0 radical (unpaired) electrons. The van der Waals surface area contributed by atoms with Crippen molar-refractivity contribution in [3.63, 3.8) is 0 Å². The van der Waals surface area contributed by atoms with Gasteiger partial charge in [0.2, 0.25) is 5.91 Å². The van der Waals surface area contributed by atoms with Crippen molar-refractivity contribution in [3.8, 4) is 0 Å². The van der Waals surface area contributed by atoms with Crippen molar-refractivity contribution in [1.82, 2.24) is 15.2 Å². The highest BCUT2D eigenvalue weighted by Crippen LogP contribution is 2.31. The summed E-state index contributed by atoms with van der Waals surface area (Å²) in [5.74, 6) is -0.00520. The van der Waals surface area contributed by atoms with Crippen molar-refractivity contribution in [2.75, 3.05) is 13.1 Å². The minimum atomic E-state index is -0.301. The highest BCUT2D eigenvalue weighted by Gasteiger charge is 2.24. The molecule has 134 valence electrons. The Kier molecular flexibility index (Phi) is 4.55. The molecule has 1 aliphatic heterocycles. The Morgan fingerprint density at radius 3 is 2.96 bits per heavy atom. The molecule has 0 bridgehead atoms. The number of rotatable bonds is 4. The lowest BCUT2D eigenvalue weighted by atomic mass is 10.0. The van der Waals surface area contributed by atoms with Crippen LogP contribution in [0.1, 0.15) is 28.2 Å². The molecule has 0 spiro atoms. The zero-order chi connectivity index (χ0) is 18.1. The van der Waals surface area contributed by atoms with Crippen molar-refractivity contribution in [3.05, 3.63) is 58.1 Å². The van der Waals surface area contributed by atoms with E-state index in [1.54, 1.807) is 12.1 Å². The minimum absolute atomic E-state index is 0.0414. The van der Waals surface area contributed by atoms with E-state index in [1.165, 1.54) is 17.5 Å². The summed E-state index contributed by atoms with van der Waals surface area (Å²) in [4.78, 5) is 29.7. The molecule has 1 aromatic carbocycles. The quantitative estimate of drug-likeness (QED) is 0.686. The van der Waals surface area contributed by atoms with Crippen molar-refractivity contribution in [1.29, 1.82) is 0 Å². The number of carbonyl (C=O) groups is 2. The SMILES string of the molecule is O=C(NCCC(=O)N1CCc2[nH]c3c(Br)cccc3c2C1)c1ccco1. The zero-order valence-electron chi connectivity index (χ0n) is 14.0. The van der Waals surface area contributed by atoms with Gasteiger partial charge in [0.05, 0.1) is 11.8 Å². The number of benzene rings is 1. The van der Waals surface area contributed by atoms with Gasteiger partial charge in [-0.2, -0.15) is 0 Å². The van der Waals surface area contributed by atoms with Gasteiger partial charge in [-0.15, -0.1) is 0 Å². The molecular formula is C19H18BrN3O3. The monoisotopic (exact) mass is 415 g/mol. The molecule has 1 aliphatic rings. The number of furan rings is 1. The number of nitrogens with one attached hydrogen (secondary N) is 2. The Morgan fingerprint density at radius 1 is 1.27 bits per heavy atom. The van der Waals surface area contributed by atoms with E-state index < -0.39 is 0 Å². The predicted octanol–water partition coefficient (Wildman–Crippen LogP) is 3.23. The fraction of sp³-hybridized carbons (Fsp3) is 0.263. The van der Waals surface area contributed by atoms with Gasteiger partial charge >= 0.3 is 0 Å². The number of para-hydroxylation sites is 1. The second-order valence-electron chi connectivity index (χ2n) is 6.29. The number of carbonyl (C=O) groups excluding carboxylic acids is 2. The molecule has 2 N–H and O–H groups in total. The van der Waals surface area contributed by atoms with Gasteiger partial charge in [0.1, 0.15) is 0 Å². The maximum absolute atomic E-state index is 12.5. The van der Waals surface area contributed by atoms with Crippen LogP contribution in [-0.4, -0.2) is 34.8 Å². The summed E-state index contributed by atoms with van der Waals surface area (Å²) >= 11 is 3.57. The molecule has 2 amide bonds. The smallest absolute Gasteiger partial charge is 0.286 e. The summed E-state index contributed by atoms with van der Waals surface area (Å²) in [7, 11) is 0. The Balaban J connectivity index is 1.39. The van der Waals surface area contributed by atoms with Gasteiger partial charge in [0.25, 0.3) is 5.91 Å². The molecule has 0 atom stereocenters. The van der Waals surface area contributed by atoms with E-state index in [4.69, 9.17) is 4.42 Å². The lowest BCUT2D eigenvalue weighted by Crippen LogP contribution is -2.37. The minimum Gasteiger partial charge on any atom is -0.459 e. The van der Waals surface area contributed by atoms with Gasteiger partial charge in [-0.05, 0) is 34.1 Å². The van der Waals surface area contributed by atoms with Gasteiger partial charge in [0.15, 0.2) is 5.76 Å². The van der Waals surface area contributed by atoms with Crippen molar-refractivity contribution >= 4 is 38.6 Å². The second-order valence-corrected chi connectivity index (χ2v) is 7.15. The molecule has 4 rings (SSSR count). The molecule has 7 heteroatoms. The fourth-order valence-corrected chi connectivity index (χ4v) is 3.82. The van der Waals surface area contributed by atoms with Crippen LogP contribution in [0.15, 0.2) is 45.5 Å². The fourth-order valence-electron chi connectivity index (χ4n) is 3.35. The van der Waals surface area contributed by atoms with E-state index in [9.17, 15) is 9.59 Å². The van der Waals surface area contributed by atoms with E-state index in [-0.39, 0.29) is 24.0 Å². The van der Waals surface area contributed by atoms with Gasteiger partial charge in [-0.25, -0.2) is 0 Å². The highest BCUT2D eigenvalue weighted by atomic mass is 79.9. The third kappa shape index (κ3) is 3.14. The number of amides is 2. The van der Waals surface area contributed by atoms with Crippen molar-refractivity contribution in [2.45, 2.75) is 19.4 Å². The number of aromatic amines is 1. The average molecular weight is 416 g/mol. The summed E-state index contributed by atoms with van der Waals surface area (Å²) < 4.78 is 6.07. The molecule has 2 aromatic heterocycles. The molecule has 0 aliphatic carbocycles. The molecule has 0 fully saturated rings. The van der Waals surface area contributed by atoms with Crippen molar-refractivity contribution < 1.29 is 14.0 Å². The predicted molar refractivity (Wildman–Crippen MR) is 101 cm³/mol. The Bertz CT molecular complexity index is 962. The first-order valence-electron chi connectivity index (χ1n) is 8.51. The van der Waals surface area contributed by atoms with Crippen LogP contribution in [0, 0.1) is 0 Å². The lowest BCUT2D eigenvalue weighted by molar-refractivity contribution is -0.131. The summed E-state index contributed by atoms with van der Waals surface area (Å²) in [6, 6.07) is 9.34. The molecular weight excluding hydrogens is 398 g/mol. The topological polar surface area (TPSA) is 78.3 Å². The van der Waals surface area contributed by atoms with Gasteiger partial charge in [-0.3, -0.25) is 9.59 Å². The van der Waals surface area contributed by atoms with Crippen molar-refractivity contribution in [2.24, 2.45) is 0 Å². The summed E-state index contributed by atoms with van der Waals surface area (Å²) in [6.07, 6.45) is 2.53. The Labute approximate surface area is 158 Å². The molecule has 0 unspecified atom stereocenters. The molecule has 26 heavy (non-hydrogen) atoms. The molecule has 0 saturated carbocycles. The number of halogens is 1. The van der Waals surface area contributed by atoms with Crippen LogP contribution in [0.4, 0.5) is 0 Å². The van der Waals surface area contributed by atoms with Crippen LogP contribution in [0.2, 0.25) is 0 Å². The number of fused-ring (bicyclic) bond motifs is 3. The molecule has 3 aromatic rings. The first-order chi connectivity index (χ1) is 12.6. The maximum atomic E-state index is 12.5. The number of aromatic nitrogens is 1. The largest absolute Gasteiger partial charge is 0.459 e. The van der Waals surface area contributed by atoms with E-state index in [0.717, 1.165) is 21.8 Å². The highest BCUT2D eigenvalue weighted by molar-refractivity contribution is 9.10. The first-order valence-corrected chi connectivity index (χ1v) is 9.30. The number of hydrogen-bond donors (Lipinski definition) is 2. The summed E-state index contributed by atoms with van der Waals surface area (Å²) in [5.41, 5.74) is 3.46. The standard InChI is InChI=1S/C19H18BrN3O3/c20-14-4-1-3-12-13-11-23(9-7-15(13)22-18(12)14)17(24)6-8-21-19(25)16-5-2-10-26-16/h1-5,10,22H,6-9,11H2,(H,21,25). The third-order valence-electron chi connectivity index (χ3n) is 4.68. The van der Waals surface area contributed by atoms with E-state index in [0.29, 0.717) is 19.6 Å². The van der Waals surface area contributed by atoms with Gasteiger partial charge < -0.3 is 19.6 Å². The normalized spacial score (nSPS) is 13.7. The van der Waals surface area contributed by atoms with Gasteiger partial charge in [-0.1, -0.05) is 12.1 Å². The lowest BCUT2D eigenvalue weighted by Gasteiger charge is -2.27. The number of H-pyrrole nitrogens is 1. The third-order valence-corrected chi connectivity index (χ3v) is 5.34. The van der Waals surface area contributed by atoms with Gasteiger partial charge in [0, 0.05) is 53.6 Å². The maximum Gasteiger partial charge on any atom is 0.286 e. The second kappa shape index (κ2) is 6.99. The molecule has 3 heterocycles. The van der Waals surface area contributed by atoms with Crippen LogP contribution >= 0.6 is 15.9 Å². The Morgan fingerprint density at radius 2 is 2.15 bits per heavy atom. The van der Waals surface area contributed by atoms with Crippen LogP contribution < -0.4 is 5.32 Å². The van der Waals surface area contributed by atoms with Crippen LogP contribution in [0.3, 0.4) is 0 Å². The Hall–Kier alpha value is -2.54. The van der Waals surface area contributed by atoms with E-state index >= 15 is 0 Å².